The van der Waals surface area contributed by atoms with Crippen LogP contribution in [0.3, 0.4) is 0 Å². The molecular weight excluding hydrogens is 236 g/mol. The van der Waals surface area contributed by atoms with E-state index in [1.807, 2.05) is 18.5 Å². The molecule has 3 nitrogen and oxygen atoms in total. The molecule has 1 heterocycles. The Kier molecular flexibility index (Phi) is 8.23. The van der Waals surface area contributed by atoms with Crippen molar-refractivity contribution in [3.8, 4) is 5.75 Å². The molecule has 1 rings (SSSR count). The molecule has 0 bridgehead atoms. The van der Waals surface area contributed by atoms with Crippen molar-refractivity contribution in [1.29, 1.82) is 0 Å². The van der Waals surface area contributed by atoms with Crippen LogP contribution in [-0.2, 0) is 6.54 Å². The van der Waals surface area contributed by atoms with E-state index in [1.165, 1.54) is 31.2 Å². The monoisotopic (exact) mass is 264 g/mol. The third-order valence-corrected chi connectivity index (χ3v) is 3.08. The first-order valence-electron chi connectivity index (χ1n) is 7.53. The van der Waals surface area contributed by atoms with Crippen LogP contribution in [0.4, 0.5) is 0 Å². The molecule has 0 radical (unpaired) electrons. The number of rotatable bonds is 10. The summed E-state index contributed by atoms with van der Waals surface area (Å²) >= 11 is 0. The lowest BCUT2D eigenvalue weighted by Gasteiger charge is -2.13. The maximum absolute atomic E-state index is 5.85. The van der Waals surface area contributed by atoms with E-state index in [0.717, 1.165) is 25.3 Å². The molecule has 0 aliphatic rings. The second-order valence-corrected chi connectivity index (χ2v) is 5.28. The minimum atomic E-state index is 0.482. The van der Waals surface area contributed by atoms with E-state index < -0.39 is 0 Å². The average Bonchev–Trinajstić information content (AvgIpc) is 2.41. The highest BCUT2D eigenvalue weighted by Crippen LogP contribution is 2.17. The Morgan fingerprint density at radius 1 is 1.21 bits per heavy atom. The van der Waals surface area contributed by atoms with E-state index in [2.05, 4.69) is 31.1 Å². The predicted octanol–water partition coefficient (Wildman–Crippen LogP) is 3.93. The summed E-state index contributed by atoms with van der Waals surface area (Å²) in [5, 5.41) is 3.41. The Hall–Kier alpha value is -1.09. The van der Waals surface area contributed by atoms with Gasteiger partial charge in [0.05, 0.1) is 12.8 Å². The molecule has 0 amide bonds. The first-order valence-corrected chi connectivity index (χ1v) is 7.53. The van der Waals surface area contributed by atoms with E-state index in [0.29, 0.717) is 6.04 Å². The Labute approximate surface area is 117 Å². The van der Waals surface area contributed by atoms with E-state index in [9.17, 15) is 0 Å². The van der Waals surface area contributed by atoms with Crippen molar-refractivity contribution < 1.29 is 4.74 Å². The number of aromatic nitrogens is 1. The molecule has 3 heteroatoms. The summed E-state index contributed by atoms with van der Waals surface area (Å²) in [6.07, 6.45) is 9.97. The van der Waals surface area contributed by atoms with Gasteiger partial charge in [-0.3, -0.25) is 4.98 Å². The lowest BCUT2D eigenvalue weighted by Crippen LogP contribution is -2.22. The number of hydrogen-bond acceptors (Lipinski definition) is 3. The van der Waals surface area contributed by atoms with Gasteiger partial charge in [0.2, 0.25) is 0 Å². The molecule has 1 aromatic heterocycles. The first-order chi connectivity index (χ1) is 9.24. The molecule has 0 fully saturated rings. The molecule has 0 aliphatic carbocycles. The van der Waals surface area contributed by atoms with E-state index in [4.69, 9.17) is 4.74 Å². The van der Waals surface area contributed by atoms with Crippen LogP contribution in [0, 0.1) is 0 Å². The fourth-order valence-electron chi connectivity index (χ4n) is 1.89. The third-order valence-electron chi connectivity index (χ3n) is 3.08. The highest BCUT2D eigenvalue weighted by molar-refractivity contribution is 5.29. The van der Waals surface area contributed by atoms with Crippen LogP contribution in [-0.4, -0.2) is 17.6 Å². The molecule has 108 valence electrons. The van der Waals surface area contributed by atoms with Crippen molar-refractivity contribution in [2.24, 2.45) is 0 Å². The van der Waals surface area contributed by atoms with Crippen LogP contribution in [0.2, 0.25) is 0 Å². The van der Waals surface area contributed by atoms with Crippen molar-refractivity contribution in [3.05, 3.63) is 24.0 Å². The summed E-state index contributed by atoms with van der Waals surface area (Å²) in [5.74, 6) is 0.922. The fraction of sp³-hybridized carbons (Fsp3) is 0.688. The summed E-state index contributed by atoms with van der Waals surface area (Å²) in [7, 11) is 0. The summed E-state index contributed by atoms with van der Waals surface area (Å²) in [6, 6.07) is 2.51. The van der Waals surface area contributed by atoms with Gasteiger partial charge in [-0.05, 0) is 12.5 Å². The van der Waals surface area contributed by atoms with Crippen LogP contribution in [0.1, 0.15) is 58.4 Å². The smallest absolute Gasteiger partial charge is 0.142 e. The number of nitrogens with zero attached hydrogens (tertiary/aromatic N) is 1. The maximum Gasteiger partial charge on any atom is 0.142 e. The zero-order valence-electron chi connectivity index (χ0n) is 12.6. The molecule has 0 aliphatic heterocycles. The Morgan fingerprint density at radius 2 is 2.00 bits per heavy atom. The van der Waals surface area contributed by atoms with Crippen LogP contribution in [0.5, 0.6) is 5.75 Å². The molecule has 1 aromatic rings. The van der Waals surface area contributed by atoms with Gasteiger partial charge in [0.1, 0.15) is 5.75 Å². The Morgan fingerprint density at radius 3 is 2.74 bits per heavy atom. The van der Waals surface area contributed by atoms with Gasteiger partial charge >= 0.3 is 0 Å². The maximum atomic E-state index is 5.85. The van der Waals surface area contributed by atoms with Gasteiger partial charge in [-0.2, -0.15) is 0 Å². The molecule has 1 N–H and O–H groups in total. The normalized spacial score (nSPS) is 10.9. The summed E-state index contributed by atoms with van der Waals surface area (Å²) in [6.45, 7) is 8.17. The van der Waals surface area contributed by atoms with Crippen molar-refractivity contribution in [2.75, 3.05) is 6.61 Å². The van der Waals surface area contributed by atoms with Crippen LogP contribution in [0.25, 0.3) is 0 Å². The molecule has 19 heavy (non-hydrogen) atoms. The first kappa shape index (κ1) is 16.0. The summed E-state index contributed by atoms with van der Waals surface area (Å²) < 4.78 is 5.85. The van der Waals surface area contributed by atoms with E-state index >= 15 is 0 Å². The van der Waals surface area contributed by atoms with Crippen LogP contribution in [0.15, 0.2) is 18.5 Å². The quantitative estimate of drug-likeness (QED) is 0.650. The summed E-state index contributed by atoms with van der Waals surface area (Å²) in [5.41, 5.74) is 1.19. The molecule has 0 aromatic carbocycles. The molecule has 0 saturated carbocycles. The minimum absolute atomic E-state index is 0.482. The lowest BCUT2D eigenvalue weighted by atomic mass is 10.2. The zero-order chi connectivity index (χ0) is 13.9. The van der Waals surface area contributed by atoms with Gasteiger partial charge in [0.15, 0.2) is 0 Å². The van der Waals surface area contributed by atoms with Crippen molar-refractivity contribution in [3.63, 3.8) is 0 Å². The standard InChI is InChI=1S/C16H28N2O/c1-4-5-6-7-8-11-19-16-13-17-10-9-15(16)12-18-14(2)3/h9-10,13-14,18H,4-8,11-12H2,1-3H3. The molecular formula is C16H28N2O. The minimum Gasteiger partial charge on any atom is -0.492 e. The number of nitrogens with one attached hydrogen (secondary N) is 1. The fourth-order valence-corrected chi connectivity index (χ4v) is 1.89. The van der Waals surface area contributed by atoms with Crippen molar-refractivity contribution in [2.45, 2.75) is 65.5 Å². The summed E-state index contributed by atoms with van der Waals surface area (Å²) in [4.78, 5) is 4.15. The number of unbranched alkanes of at least 4 members (excludes halogenated alkanes) is 4. The Bertz CT molecular complexity index is 339. The van der Waals surface area contributed by atoms with Gasteiger partial charge in [-0.1, -0.05) is 46.5 Å². The third kappa shape index (κ3) is 7.16. The van der Waals surface area contributed by atoms with Crippen LogP contribution < -0.4 is 10.1 Å². The van der Waals surface area contributed by atoms with Gasteiger partial charge < -0.3 is 10.1 Å². The molecule has 0 atom stereocenters. The number of ether oxygens (including phenoxy) is 1. The van der Waals surface area contributed by atoms with Gasteiger partial charge in [0.25, 0.3) is 0 Å². The topological polar surface area (TPSA) is 34.1 Å². The Balaban J connectivity index is 2.31. The second-order valence-electron chi connectivity index (χ2n) is 5.28. The predicted molar refractivity (Wildman–Crippen MR) is 80.5 cm³/mol. The van der Waals surface area contributed by atoms with E-state index in [-0.39, 0.29) is 0 Å². The van der Waals surface area contributed by atoms with E-state index in [1.54, 1.807) is 0 Å². The number of hydrogen-bond donors (Lipinski definition) is 1. The molecule has 0 unspecified atom stereocenters. The second kappa shape index (κ2) is 9.79. The number of pyridine rings is 1. The van der Waals surface area contributed by atoms with Crippen LogP contribution >= 0.6 is 0 Å². The molecule has 0 saturated heterocycles. The van der Waals surface area contributed by atoms with Crippen molar-refractivity contribution >= 4 is 0 Å². The SMILES string of the molecule is CCCCCCCOc1cnccc1CNC(C)C. The molecule has 0 spiro atoms. The van der Waals surface area contributed by atoms with Crippen molar-refractivity contribution in [1.82, 2.24) is 10.3 Å². The van der Waals surface area contributed by atoms with Gasteiger partial charge in [-0.25, -0.2) is 0 Å². The highest BCUT2D eigenvalue weighted by Gasteiger charge is 2.04. The lowest BCUT2D eigenvalue weighted by molar-refractivity contribution is 0.299. The largest absolute Gasteiger partial charge is 0.492 e. The average molecular weight is 264 g/mol. The zero-order valence-corrected chi connectivity index (χ0v) is 12.6. The van der Waals surface area contributed by atoms with Gasteiger partial charge in [-0.15, -0.1) is 0 Å². The highest BCUT2D eigenvalue weighted by atomic mass is 16.5. The van der Waals surface area contributed by atoms with Gasteiger partial charge in [0, 0.05) is 24.3 Å².